The Balaban J connectivity index is 2.25. The second kappa shape index (κ2) is 5.74. The molecule has 0 aliphatic heterocycles. The molecule has 1 aliphatic rings. The molecule has 0 bridgehead atoms. The molecule has 1 aromatic rings. The maximum atomic E-state index is 12.3. The zero-order valence-electron chi connectivity index (χ0n) is 10.7. The minimum Gasteiger partial charge on any atom is -0.480 e. The highest BCUT2D eigenvalue weighted by atomic mass is 32.2. The van der Waals surface area contributed by atoms with E-state index in [1.807, 2.05) is 0 Å². The molecule has 0 aromatic heterocycles. The Morgan fingerprint density at radius 3 is 2.32 bits per heavy atom. The van der Waals surface area contributed by atoms with Crippen LogP contribution in [0, 0.1) is 5.92 Å². The summed E-state index contributed by atoms with van der Waals surface area (Å²) in [5.74, 6) is -1.18. The van der Waals surface area contributed by atoms with Gasteiger partial charge in [-0.15, -0.1) is 0 Å². The van der Waals surface area contributed by atoms with Gasteiger partial charge in [0.2, 0.25) is 0 Å². The molecule has 2 rings (SSSR count). The molecule has 104 valence electrons. The summed E-state index contributed by atoms with van der Waals surface area (Å²) in [6, 6.07) is 8.19. The molecule has 0 heterocycles. The van der Waals surface area contributed by atoms with Crippen molar-refractivity contribution >= 4 is 15.8 Å². The fourth-order valence-electron chi connectivity index (χ4n) is 2.73. The van der Waals surface area contributed by atoms with Gasteiger partial charge in [0.05, 0.1) is 5.75 Å². The highest BCUT2D eigenvalue weighted by molar-refractivity contribution is 7.92. The molecule has 1 unspecified atom stereocenters. The van der Waals surface area contributed by atoms with Crippen molar-refractivity contribution in [2.45, 2.75) is 30.9 Å². The quantitative estimate of drug-likeness (QED) is 0.900. The van der Waals surface area contributed by atoms with Crippen molar-refractivity contribution in [3.63, 3.8) is 0 Å². The van der Waals surface area contributed by atoms with Gasteiger partial charge >= 0.3 is 5.97 Å². The van der Waals surface area contributed by atoms with Crippen molar-refractivity contribution in [3.05, 3.63) is 35.9 Å². The van der Waals surface area contributed by atoms with Crippen LogP contribution in [0.2, 0.25) is 0 Å². The number of carbonyl (C=O) groups is 1. The predicted molar refractivity (Wildman–Crippen MR) is 72.6 cm³/mol. The Bertz CT molecular complexity index is 530. The van der Waals surface area contributed by atoms with Crippen LogP contribution in [0.3, 0.4) is 0 Å². The SMILES string of the molecule is O=C(O)C(c1ccccc1)S(=O)(=O)CC1CCCC1. The van der Waals surface area contributed by atoms with Crippen LogP contribution < -0.4 is 0 Å². The van der Waals surface area contributed by atoms with Crippen LogP contribution in [-0.2, 0) is 14.6 Å². The standard InChI is InChI=1S/C14H18O4S/c15-14(16)13(12-8-2-1-3-9-12)19(17,18)10-11-6-4-5-7-11/h1-3,8-9,11,13H,4-7,10H2,(H,15,16). The third kappa shape index (κ3) is 3.35. The van der Waals surface area contributed by atoms with Gasteiger partial charge < -0.3 is 5.11 Å². The summed E-state index contributed by atoms with van der Waals surface area (Å²) in [6.07, 6.45) is 3.87. The van der Waals surface area contributed by atoms with Gasteiger partial charge in [0.1, 0.15) is 0 Å². The van der Waals surface area contributed by atoms with Crippen molar-refractivity contribution in [1.82, 2.24) is 0 Å². The number of hydrogen-bond donors (Lipinski definition) is 1. The van der Waals surface area contributed by atoms with Crippen LogP contribution in [0.1, 0.15) is 36.5 Å². The number of carboxylic acids is 1. The van der Waals surface area contributed by atoms with Crippen LogP contribution in [0.25, 0.3) is 0 Å². The lowest BCUT2D eigenvalue weighted by Crippen LogP contribution is -2.27. The summed E-state index contributed by atoms with van der Waals surface area (Å²) in [6.45, 7) is 0. The second-order valence-electron chi connectivity index (χ2n) is 5.11. The number of sulfone groups is 1. The average Bonchev–Trinajstić information content (AvgIpc) is 2.81. The van der Waals surface area contributed by atoms with Crippen LogP contribution in [0.5, 0.6) is 0 Å². The molecule has 1 atom stereocenters. The van der Waals surface area contributed by atoms with Crippen molar-refractivity contribution < 1.29 is 18.3 Å². The van der Waals surface area contributed by atoms with Crippen molar-refractivity contribution in [2.75, 3.05) is 5.75 Å². The summed E-state index contributed by atoms with van der Waals surface area (Å²) in [5, 5.41) is 7.82. The van der Waals surface area contributed by atoms with E-state index in [4.69, 9.17) is 0 Å². The van der Waals surface area contributed by atoms with E-state index in [0.717, 1.165) is 25.7 Å². The number of aliphatic carboxylic acids is 1. The minimum atomic E-state index is -3.66. The lowest BCUT2D eigenvalue weighted by molar-refractivity contribution is -0.136. The molecule has 1 N–H and O–H groups in total. The van der Waals surface area contributed by atoms with Crippen molar-refractivity contribution in [3.8, 4) is 0 Å². The van der Waals surface area contributed by atoms with Crippen LogP contribution in [0.4, 0.5) is 0 Å². The Labute approximate surface area is 113 Å². The summed E-state index contributed by atoms with van der Waals surface area (Å²) in [4.78, 5) is 11.3. The average molecular weight is 282 g/mol. The van der Waals surface area contributed by atoms with Gasteiger partial charge in [-0.05, 0) is 24.3 Å². The molecule has 0 amide bonds. The first-order chi connectivity index (χ1) is 9.00. The Morgan fingerprint density at radius 1 is 1.21 bits per heavy atom. The molecule has 5 heteroatoms. The molecule has 0 saturated heterocycles. The second-order valence-corrected chi connectivity index (χ2v) is 7.24. The molecule has 1 fully saturated rings. The molecule has 4 nitrogen and oxygen atoms in total. The van der Waals surface area contributed by atoms with E-state index >= 15 is 0 Å². The van der Waals surface area contributed by atoms with Crippen LogP contribution >= 0.6 is 0 Å². The van der Waals surface area contributed by atoms with Gasteiger partial charge in [-0.25, -0.2) is 8.42 Å². The molecule has 1 aliphatic carbocycles. The van der Waals surface area contributed by atoms with E-state index < -0.39 is 21.1 Å². The van der Waals surface area contributed by atoms with Gasteiger partial charge in [0.15, 0.2) is 15.1 Å². The highest BCUT2D eigenvalue weighted by Gasteiger charge is 2.36. The smallest absolute Gasteiger partial charge is 0.326 e. The van der Waals surface area contributed by atoms with Gasteiger partial charge in [-0.3, -0.25) is 4.79 Å². The van der Waals surface area contributed by atoms with Crippen molar-refractivity contribution in [2.24, 2.45) is 5.92 Å². The van der Waals surface area contributed by atoms with E-state index in [9.17, 15) is 18.3 Å². The first kappa shape index (κ1) is 14.1. The maximum absolute atomic E-state index is 12.3. The molecule has 19 heavy (non-hydrogen) atoms. The van der Waals surface area contributed by atoms with E-state index in [-0.39, 0.29) is 11.7 Å². The number of hydrogen-bond acceptors (Lipinski definition) is 3. The third-order valence-corrected chi connectivity index (χ3v) is 5.76. The monoisotopic (exact) mass is 282 g/mol. The molecule has 1 saturated carbocycles. The fourth-order valence-corrected chi connectivity index (χ4v) is 4.80. The van der Waals surface area contributed by atoms with E-state index in [1.54, 1.807) is 30.3 Å². The fraction of sp³-hybridized carbons (Fsp3) is 0.500. The van der Waals surface area contributed by atoms with E-state index in [1.165, 1.54) is 0 Å². The van der Waals surface area contributed by atoms with Gasteiger partial charge in [-0.2, -0.15) is 0 Å². The predicted octanol–water partition coefficient (Wildman–Crippen LogP) is 2.42. The summed E-state index contributed by atoms with van der Waals surface area (Å²) < 4.78 is 24.7. The molecular weight excluding hydrogens is 264 g/mol. The zero-order valence-corrected chi connectivity index (χ0v) is 11.5. The molecule has 0 spiro atoms. The van der Waals surface area contributed by atoms with Crippen LogP contribution in [0.15, 0.2) is 30.3 Å². The van der Waals surface area contributed by atoms with Gasteiger partial charge in [0.25, 0.3) is 0 Å². The Hall–Kier alpha value is -1.36. The molecular formula is C14H18O4S. The number of rotatable bonds is 5. The third-order valence-electron chi connectivity index (χ3n) is 3.63. The largest absolute Gasteiger partial charge is 0.480 e. The molecule has 1 aromatic carbocycles. The summed E-state index contributed by atoms with van der Waals surface area (Å²) >= 11 is 0. The lowest BCUT2D eigenvalue weighted by Gasteiger charge is -2.16. The first-order valence-electron chi connectivity index (χ1n) is 6.50. The van der Waals surface area contributed by atoms with Crippen LogP contribution in [-0.4, -0.2) is 25.2 Å². The molecule has 0 radical (unpaired) electrons. The van der Waals surface area contributed by atoms with Gasteiger partial charge in [-0.1, -0.05) is 43.2 Å². The first-order valence-corrected chi connectivity index (χ1v) is 8.21. The topological polar surface area (TPSA) is 71.4 Å². The zero-order chi connectivity index (χ0) is 13.9. The highest BCUT2D eigenvalue weighted by Crippen LogP contribution is 2.31. The maximum Gasteiger partial charge on any atom is 0.326 e. The Morgan fingerprint density at radius 2 is 1.79 bits per heavy atom. The minimum absolute atomic E-state index is 0.0150. The van der Waals surface area contributed by atoms with E-state index in [0.29, 0.717) is 5.56 Å². The summed E-state index contributed by atoms with van der Waals surface area (Å²) in [7, 11) is -3.66. The van der Waals surface area contributed by atoms with E-state index in [2.05, 4.69) is 0 Å². The number of benzene rings is 1. The Kier molecular flexibility index (Phi) is 4.24. The van der Waals surface area contributed by atoms with Gasteiger partial charge in [0, 0.05) is 0 Å². The lowest BCUT2D eigenvalue weighted by atomic mass is 10.1. The number of carboxylic acid groups (broad SMARTS) is 1. The van der Waals surface area contributed by atoms with Crippen molar-refractivity contribution in [1.29, 1.82) is 0 Å². The normalized spacial score (nSPS) is 18.3. The summed E-state index contributed by atoms with van der Waals surface area (Å²) in [5.41, 5.74) is 0.341.